The fraction of sp³-hybridized carbons (Fsp3) is 0.467. The number of amides is 2. The summed E-state index contributed by atoms with van der Waals surface area (Å²) in [7, 11) is 0. The summed E-state index contributed by atoms with van der Waals surface area (Å²) in [6.45, 7) is 3.95. The first-order chi connectivity index (χ1) is 10.0. The fourth-order valence-corrected chi connectivity index (χ4v) is 2.97. The van der Waals surface area contributed by atoms with Crippen molar-refractivity contribution in [1.82, 2.24) is 9.80 Å². The molecule has 2 amide bonds. The van der Waals surface area contributed by atoms with E-state index >= 15 is 0 Å². The Morgan fingerprint density at radius 2 is 1.86 bits per heavy atom. The van der Waals surface area contributed by atoms with E-state index in [0.717, 1.165) is 0 Å². The summed E-state index contributed by atoms with van der Waals surface area (Å²) in [5.74, 6) is -0.762. The molecule has 4 nitrogen and oxygen atoms in total. The molecule has 0 radical (unpaired) electrons. The van der Waals surface area contributed by atoms with Gasteiger partial charge < -0.3 is 9.80 Å². The SMILES string of the molecule is CCC(=O)N1CCCN(C(=O)c2c(F)cccc2Br)CC1. The molecule has 1 aliphatic heterocycles. The maximum absolute atomic E-state index is 13.9. The van der Waals surface area contributed by atoms with E-state index in [0.29, 0.717) is 43.5 Å². The summed E-state index contributed by atoms with van der Waals surface area (Å²) >= 11 is 3.23. The molecule has 0 saturated carbocycles. The Kier molecular flexibility index (Phi) is 5.33. The third-order valence-corrected chi connectivity index (χ3v) is 4.28. The van der Waals surface area contributed by atoms with Crippen LogP contribution < -0.4 is 0 Å². The third kappa shape index (κ3) is 3.61. The van der Waals surface area contributed by atoms with Crippen molar-refractivity contribution in [3.8, 4) is 0 Å². The molecule has 6 heteroatoms. The van der Waals surface area contributed by atoms with Crippen LogP contribution in [0.3, 0.4) is 0 Å². The smallest absolute Gasteiger partial charge is 0.258 e. The largest absolute Gasteiger partial charge is 0.341 e. The Bertz CT molecular complexity index is 530. The van der Waals surface area contributed by atoms with Crippen molar-refractivity contribution in [2.75, 3.05) is 26.2 Å². The third-order valence-electron chi connectivity index (χ3n) is 3.61. The molecule has 1 saturated heterocycles. The lowest BCUT2D eigenvalue weighted by molar-refractivity contribution is -0.130. The van der Waals surface area contributed by atoms with Gasteiger partial charge in [0.1, 0.15) is 5.82 Å². The summed E-state index contributed by atoms with van der Waals surface area (Å²) in [5.41, 5.74) is 0.0627. The Morgan fingerprint density at radius 3 is 2.52 bits per heavy atom. The van der Waals surface area contributed by atoms with Crippen LogP contribution in [0, 0.1) is 5.82 Å². The van der Waals surface area contributed by atoms with Gasteiger partial charge in [0.2, 0.25) is 5.91 Å². The molecule has 21 heavy (non-hydrogen) atoms. The summed E-state index contributed by atoms with van der Waals surface area (Å²) in [4.78, 5) is 27.6. The maximum Gasteiger partial charge on any atom is 0.258 e. The maximum atomic E-state index is 13.9. The molecule has 0 bridgehead atoms. The standard InChI is InChI=1S/C15H18BrFN2O2/c1-2-13(20)18-7-4-8-19(10-9-18)15(21)14-11(16)5-3-6-12(14)17/h3,5-6H,2,4,7-10H2,1H3. The van der Waals surface area contributed by atoms with E-state index in [4.69, 9.17) is 0 Å². The molecule has 1 heterocycles. The van der Waals surface area contributed by atoms with Crippen LogP contribution >= 0.6 is 15.9 Å². The predicted molar refractivity (Wildman–Crippen MR) is 81.5 cm³/mol. The molecule has 1 fully saturated rings. The molecule has 0 aliphatic carbocycles. The van der Waals surface area contributed by atoms with Crippen molar-refractivity contribution in [1.29, 1.82) is 0 Å². The molecular weight excluding hydrogens is 339 g/mol. The van der Waals surface area contributed by atoms with Crippen LogP contribution in [0.1, 0.15) is 30.1 Å². The summed E-state index contributed by atoms with van der Waals surface area (Å²) < 4.78 is 14.3. The van der Waals surface area contributed by atoms with Gasteiger partial charge in [-0.15, -0.1) is 0 Å². The van der Waals surface area contributed by atoms with E-state index in [9.17, 15) is 14.0 Å². The van der Waals surface area contributed by atoms with Gasteiger partial charge in [-0.25, -0.2) is 4.39 Å². The van der Waals surface area contributed by atoms with Gasteiger partial charge in [-0.1, -0.05) is 13.0 Å². The van der Waals surface area contributed by atoms with E-state index in [1.165, 1.54) is 6.07 Å². The fourth-order valence-electron chi connectivity index (χ4n) is 2.45. The number of nitrogens with zero attached hydrogens (tertiary/aromatic N) is 2. The first-order valence-electron chi connectivity index (χ1n) is 7.05. The Morgan fingerprint density at radius 1 is 1.19 bits per heavy atom. The van der Waals surface area contributed by atoms with Crippen LogP contribution in [-0.4, -0.2) is 47.8 Å². The zero-order valence-corrected chi connectivity index (χ0v) is 13.5. The van der Waals surface area contributed by atoms with Gasteiger partial charge in [-0.3, -0.25) is 9.59 Å². The highest BCUT2D eigenvalue weighted by molar-refractivity contribution is 9.10. The molecule has 0 atom stereocenters. The summed E-state index contributed by atoms with van der Waals surface area (Å²) in [6, 6.07) is 4.49. The van der Waals surface area contributed by atoms with E-state index in [1.54, 1.807) is 21.9 Å². The Balaban J connectivity index is 2.12. The molecule has 0 spiro atoms. The average Bonchev–Trinajstić information content (AvgIpc) is 2.72. The zero-order valence-electron chi connectivity index (χ0n) is 11.9. The van der Waals surface area contributed by atoms with E-state index in [-0.39, 0.29) is 17.4 Å². The minimum atomic E-state index is -0.528. The van der Waals surface area contributed by atoms with Gasteiger partial charge in [-0.2, -0.15) is 0 Å². The predicted octanol–water partition coefficient (Wildman–Crippen LogP) is 2.67. The number of rotatable bonds is 2. The highest BCUT2D eigenvalue weighted by atomic mass is 79.9. The van der Waals surface area contributed by atoms with Crippen molar-refractivity contribution >= 4 is 27.7 Å². The molecule has 0 N–H and O–H groups in total. The second kappa shape index (κ2) is 7.02. The van der Waals surface area contributed by atoms with Gasteiger partial charge in [0.25, 0.3) is 5.91 Å². The van der Waals surface area contributed by atoms with Gasteiger partial charge in [0.05, 0.1) is 5.56 Å². The number of carbonyl (C=O) groups excluding carboxylic acids is 2. The van der Waals surface area contributed by atoms with Crippen molar-refractivity contribution < 1.29 is 14.0 Å². The van der Waals surface area contributed by atoms with Gasteiger partial charge in [-0.05, 0) is 34.5 Å². The van der Waals surface area contributed by atoms with Crippen molar-refractivity contribution in [3.63, 3.8) is 0 Å². The molecule has 1 aromatic carbocycles. The second-order valence-electron chi connectivity index (χ2n) is 4.98. The van der Waals surface area contributed by atoms with Crippen LogP contribution in [-0.2, 0) is 4.79 Å². The van der Waals surface area contributed by atoms with E-state index in [2.05, 4.69) is 15.9 Å². The van der Waals surface area contributed by atoms with E-state index in [1.807, 2.05) is 6.92 Å². The second-order valence-corrected chi connectivity index (χ2v) is 5.83. The normalized spacial score (nSPS) is 15.8. The van der Waals surface area contributed by atoms with Crippen LogP contribution in [0.25, 0.3) is 0 Å². The minimum absolute atomic E-state index is 0.0627. The highest BCUT2D eigenvalue weighted by Gasteiger charge is 2.25. The quantitative estimate of drug-likeness (QED) is 0.817. The minimum Gasteiger partial charge on any atom is -0.341 e. The topological polar surface area (TPSA) is 40.6 Å². The van der Waals surface area contributed by atoms with Crippen molar-refractivity contribution in [3.05, 3.63) is 34.1 Å². The molecule has 114 valence electrons. The molecule has 0 unspecified atom stereocenters. The Labute approximate surface area is 132 Å². The van der Waals surface area contributed by atoms with Crippen LogP contribution in [0.15, 0.2) is 22.7 Å². The number of hydrogen-bond donors (Lipinski definition) is 0. The average molecular weight is 357 g/mol. The first kappa shape index (κ1) is 15.9. The molecule has 2 rings (SSSR count). The van der Waals surface area contributed by atoms with Crippen molar-refractivity contribution in [2.45, 2.75) is 19.8 Å². The molecule has 1 aromatic rings. The summed E-state index contributed by atoms with van der Waals surface area (Å²) in [6.07, 6.45) is 1.18. The zero-order chi connectivity index (χ0) is 15.4. The van der Waals surface area contributed by atoms with Crippen LogP contribution in [0.5, 0.6) is 0 Å². The Hall–Kier alpha value is -1.43. The highest BCUT2D eigenvalue weighted by Crippen LogP contribution is 2.22. The number of carbonyl (C=O) groups is 2. The molecule has 1 aliphatic rings. The van der Waals surface area contributed by atoms with Gasteiger partial charge in [0, 0.05) is 37.1 Å². The van der Waals surface area contributed by atoms with Gasteiger partial charge >= 0.3 is 0 Å². The number of hydrogen-bond acceptors (Lipinski definition) is 2. The first-order valence-corrected chi connectivity index (χ1v) is 7.85. The lowest BCUT2D eigenvalue weighted by atomic mass is 10.2. The lowest BCUT2D eigenvalue weighted by Gasteiger charge is -2.22. The summed E-state index contributed by atoms with van der Waals surface area (Å²) in [5, 5.41) is 0. The van der Waals surface area contributed by atoms with E-state index < -0.39 is 5.82 Å². The van der Waals surface area contributed by atoms with Crippen LogP contribution in [0.4, 0.5) is 4.39 Å². The monoisotopic (exact) mass is 356 g/mol. The van der Waals surface area contributed by atoms with Crippen LogP contribution in [0.2, 0.25) is 0 Å². The van der Waals surface area contributed by atoms with Gasteiger partial charge in [0.15, 0.2) is 0 Å². The molecular formula is C15H18BrFN2O2. The van der Waals surface area contributed by atoms with Crippen molar-refractivity contribution in [2.24, 2.45) is 0 Å². The molecule has 0 aromatic heterocycles. The number of halogens is 2. The number of benzene rings is 1. The lowest BCUT2D eigenvalue weighted by Crippen LogP contribution is -2.37.